The Morgan fingerprint density at radius 2 is 1.94 bits per heavy atom. The number of amides is 2. The van der Waals surface area contributed by atoms with Crippen molar-refractivity contribution >= 4 is 11.8 Å². The van der Waals surface area contributed by atoms with Crippen LogP contribution in [0.3, 0.4) is 0 Å². The summed E-state index contributed by atoms with van der Waals surface area (Å²) in [5.74, 6) is -0.214. The molecule has 0 saturated carbocycles. The molecule has 0 spiro atoms. The van der Waals surface area contributed by atoms with E-state index < -0.39 is 6.04 Å². The number of carbonyl (C=O) groups is 2. The molecule has 1 fully saturated rings. The fourth-order valence-electron chi connectivity index (χ4n) is 2.08. The molecule has 0 aromatic rings. The maximum absolute atomic E-state index is 12.0. The summed E-state index contributed by atoms with van der Waals surface area (Å²) in [4.78, 5) is 23.9. The summed E-state index contributed by atoms with van der Waals surface area (Å²) >= 11 is 0. The molecule has 1 heterocycles. The third-order valence-electron chi connectivity index (χ3n) is 3.11. The van der Waals surface area contributed by atoms with Gasteiger partial charge in [0.2, 0.25) is 11.8 Å². The van der Waals surface area contributed by atoms with E-state index in [9.17, 15) is 9.59 Å². The quantitative estimate of drug-likeness (QED) is 0.684. The Balaban J connectivity index is 2.46. The molecule has 18 heavy (non-hydrogen) atoms. The highest BCUT2D eigenvalue weighted by atomic mass is 16.2. The number of nitrogens with one attached hydrogen (secondary N) is 3. The molecule has 3 atom stereocenters. The van der Waals surface area contributed by atoms with Gasteiger partial charge in [0.25, 0.3) is 0 Å². The third kappa shape index (κ3) is 4.29. The number of hydrogen-bond acceptors (Lipinski definition) is 3. The van der Waals surface area contributed by atoms with Gasteiger partial charge in [-0.15, -0.1) is 0 Å². The van der Waals surface area contributed by atoms with Crippen LogP contribution in [0.15, 0.2) is 0 Å². The lowest BCUT2D eigenvalue weighted by Gasteiger charge is -2.24. The summed E-state index contributed by atoms with van der Waals surface area (Å²) in [5, 5.41) is 8.87. The minimum absolute atomic E-state index is 0.0325. The van der Waals surface area contributed by atoms with E-state index in [4.69, 9.17) is 0 Å². The molecule has 1 aliphatic heterocycles. The van der Waals surface area contributed by atoms with Crippen molar-refractivity contribution < 1.29 is 9.59 Å². The SMILES string of the molecule is CC(NC(=O)C1CCNC1C)C(=O)NC(C)(C)C. The molecule has 0 aromatic heterocycles. The largest absolute Gasteiger partial charge is 0.350 e. The lowest BCUT2D eigenvalue weighted by atomic mass is 10.0. The van der Waals surface area contributed by atoms with Crippen molar-refractivity contribution in [2.75, 3.05) is 6.54 Å². The molecule has 2 amide bonds. The summed E-state index contributed by atoms with van der Waals surface area (Å²) < 4.78 is 0. The first-order chi connectivity index (χ1) is 8.20. The van der Waals surface area contributed by atoms with E-state index in [1.54, 1.807) is 6.92 Å². The van der Waals surface area contributed by atoms with Crippen molar-refractivity contribution in [3.63, 3.8) is 0 Å². The monoisotopic (exact) mass is 255 g/mol. The van der Waals surface area contributed by atoms with Crippen LogP contribution < -0.4 is 16.0 Å². The zero-order valence-electron chi connectivity index (χ0n) is 12.0. The molecule has 1 aliphatic rings. The van der Waals surface area contributed by atoms with Crippen LogP contribution in [0, 0.1) is 5.92 Å². The Morgan fingerprint density at radius 1 is 1.33 bits per heavy atom. The first-order valence-corrected chi connectivity index (χ1v) is 6.56. The van der Waals surface area contributed by atoms with E-state index in [1.807, 2.05) is 27.7 Å². The van der Waals surface area contributed by atoms with Crippen molar-refractivity contribution in [3.05, 3.63) is 0 Å². The summed E-state index contributed by atoms with van der Waals surface area (Å²) in [6.45, 7) is 10.3. The predicted molar refractivity (Wildman–Crippen MR) is 71.1 cm³/mol. The van der Waals surface area contributed by atoms with Crippen LogP contribution in [0.2, 0.25) is 0 Å². The minimum atomic E-state index is -0.496. The Hall–Kier alpha value is -1.10. The first-order valence-electron chi connectivity index (χ1n) is 6.56. The standard InChI is InChI=1S/C13H25N3O2/c1-8-10(6-7-14-8)12(18)15-9(2)11(17)16-13(3,4)5/h8-10,14H,6-7H2,1-5H3,(H,15,18)(H,16,17). The van der Waals surface area contributed by atoms with E-state index in [0.29, 0.717) is 0 Å². The van der Waals surface area contributed by atoms with Crippen LogP contribution in [0.25, 0.3) is 0 Å². The fourth-order valence-corrected chi connectivity index (χ4v) is 2.08. The smallest absolute Gasteiger partial charge is 0.242 e. The lowest BCUT2D eigenvalue weighted by molar-refractivity contribution is -0.131. The molecule has 0 aromatic carbocycles. The van der Waals surface area contributed by atoms with Crippen molar-refractivity contribution in [3.8, 4) is 0 Å². The second-order valence-electron chi connectivity index (χ2n) is 6.11. The van der Waals surface area contributed by atoms with Gasteiger partial charge >= 0.3 is 0 Å². The zero-order valence-corrected chi connectivity index (χ0v) is 12.0. The third-order valence-corrected chi connectivity index (χ3v) is 3.11. The van der Waals surface area contributed by atoms with Crippen LogP contribution in [0.4, 0.5) is 0 Å². The molecular formula is C13H25N3O2. The summed E-state index contributed by atoms with van der Waals surface area (Å²) in [5.41, 5.74) is -0.279. The van der Waals surface area contributed by atoms with E-state index in [-0.39, 0.29) is 29.3 Å². The topological polar surface area (TPSA) is 70.2 Å². The van der Waals surface area contributed by atoms with Gasteiger partial charge in [0.05, 0.1) is 5.92 Å². The maximum atomic E-state index is 12.0. The molecule has 1 saturated heterocycles. The van der Waals surface area contributed by atoms with E-state index in [0.717, 1.165) is 13.0 Å². The Labute approximate surface area is 109 Å². The normalized spacial score (nSPS) is 25.6. The lowest BCUT2D eigenvalue weighted by Crippen LogP contribution is -2.52. The van der Waals surface area contributed by atoms with Crippen LogP contribution in [0.1, 0.15) is 41.0 Å². The van der Waals surface area contributed by atoms with Gasteiger partial charge in [-0.25, -0.2) is 0 Å². The van der Waals surface area contributed by atoms with Gasteiger partial charge < -0.3 is 16.0 Å². The van der Waals surface area contributed by atoms with Crippen molar-refractivity contribution in [1.29, 1.82) is 0 Å². The van der Waals surface area contributed by atoms with Crippen LogP contribution >= 0.6 is 0 Å². The summed E-state index contributed by atoms with van der Waals surface area (Å²) in [6, 6.07) is -0.313. The highest BCUT2D eigenvalue weighted by molar-refractivity contribution is 5.88. The second-order valence-corrected chi connectivity index (χ2v) is 6.11. The molecule has 104 valence electrons. The molecule has 0 radical (unpaired) electrons. The van der Waals surface area contributed by atoms with Crippen molar-refractivity contribution in [2.24, 2.45) is 5.92 Å². The molecule has 1 rings (SSSR count). The highest BCUT2D eigenvalue weighted by Gasteiger charge is 2.31. The minimum Gasteiger partial charge on any atom is -0.350 e. The van der Waals surface area contributed by atoms with E-state index in [1.165, 1.54) is 0 Å². The Morgan fingerprint density at radius 3 is 2.39 bits per heavy atom. The number of carbonyl (C=O) groups excluding carboxylic acids is 2. The van der Waals surface area contributed by atoms with Gasteiger partial charge in [-0.3, -0.25) is 9.59 Å². The zero-order chi connectivity index (χ0) is 13.9. The average Bonchev–Trinajstić information content (AvgIpc) is 2.61. The van der Waals surface area contributed by atoms with Crippen molar-refractivity contribution in [2.45, 2.75) is 58.7 Å². The fraction of sp³-hybridized carbons (Fsp3) is 0.846. The molecule has 0 bridgehead atoms. The second kappa shape index (κ2) is 5.69. The number of rotatable bonds is 3. The molecule has 3 unspecified atom stereocenters. The maximum Gasteiger partial charge on any atom is 0.242 e. The molecule has 3 N–H and O–H groups in total. The van der Waals surface area contributed by atoms with Gasteiger partial charge in [0.15, 0.2) is 0 Å². The number of hydrogen-bond donors (Lipinski definition) is 3. The molecule has 0 aliphatic carbocycles. The van der Waals surface area contributed by atoms with Gasteiger partial charge in [0, 0.05) is 11.6 Å². The summed E-state index contributed by atoms with van der Waals surface area (Å²) in [6.07, 6.45) is 0.834. The van der Waals surface area contributed by atoms with E-state index >= 15 is 0 Å². The van der Waals surface area contributed by atoms with Gasteiger partial charge in [-0.2, -0.15) is 0 Å². The molecular weight excluding hydrogens is 230 g/mol. The van der Waals surface area contributed by atoms with Gasteiger partial charge in [0.1, 0.15) is 6.04 Å². The summed E-state index contributed by atoms with van der Waals surface area (Å²) in [7, 11) is 0. The van der Waals surface area contributed by atoms with Gasteiger partial charge in [-0.1, -0.05) is 0 Å². The Bertz CT molecular complexity index is 323. The molecule has 5 heteroatoms. The highest BCUT2D eigenvalue weighted by Crippen LogP contribution is 2.15. The van der Waals surface area contributed by atoms with Crippen molar-refractivity contribution in [1.82, 2.24) is 16.0 Å². The van der Waals surface area contributed by atoms with Crippen LogP contribution in [-0.4, -0.2) is 36.0 Å². The van der Waals surface area contributed by atoms with Crippen LogP contribution in [0.5, 0.6) is 0 Å². The van der Waals surface area contributed by atoms with Gasteiger partial charge in [-0.05, 0) is 47.6 Å². The molecule has 5 nitrogen and oxygen atoms in total. The Kier molecular flexibility index (Phi) is 4.73. The first kappa shape index (κ1) is 15.0. The average molecular weight is 255 g/mol. The van der Waals surface area contributed by atoms with E-state index in [2.05, 4.69) is 16.0 Å². The predicted octanol–water partition coefficient (Wildman–Crippen LogP) is 0.404. The van der Waals surface area contributed by atoms with Crippen LogP contribution in [-0.2, 0) is 9.59 Å².